The number of carbonyl (C=O) groups excluding carboxylic acids is 1. The molecule has 0 aromatic carbocycles. The summed E-state index contributed by atoms with van der Waals surface area (Å²) in [6.07, 6.45) is 6.47. The van der Waals surface area contributed by atoms with E-state index in [9.17, 15) is 4.79 Å². The van der Waals surface area contributed by atoms with Crippen molar-refractivity contribution in [1.29, 1.82) is 0 Å². The van der Waals surface area contributed by atoms with Gasteiger partial charge in [0.15, 0.2) is 0 Å². The van der Waals surface area contributed by atoms with E-state index in [1.165, 1.54) is 25.5 Å². The van der Waals surface area contributed by atoms with Crippen molar-refractivity contribution in [3.63, 3.8) is 0 Å². The van der Waals surface area contributed by atoms with Gasteiger partial charge in [-0.15, -0.1) is 0 Å². The molecule has 0 aliphatic heterocycles. The zero-order valence-electron chi connectivity index (χ0n) is 9.07. The van der Waals surface area contributed by atoms with Crippen molar-refractivity contribution < 1.29 is 4.79 Å². The van der Waals surface area contributed by atoms with Crippen LogP contribution in [0.2, 0.25) is 0 Å². The molecule has 5 heteroatoms. The molecule has 2 aliphatic carbocycles. The van der Waals surface area contributed by atoms with Crippen LogP contribution >= 0.6 is 0 Å². The Balaban J connectivity index is 1.67. The Bertz CT molecular complexity index is 414. The number of rotatable bonds is 2. The predicted octanol–water partition coefficient (Wildman–Crippen LogP) is 0.910. The van der Waals surface area contributed by atoms with Crippen LogP contribution in [0.3, 0.4) is 0 Å². The second-order valence-corrected chi connectivity index (χ2v) is 4.96. The lowest BCUT2D eigenvalue weighted by Crippen LogP contribution is -2.38. The lowest BCUT2D eigenvalue weighted by molar-refractivity contribution is 0.0918. The number of aromatic amines is 1. The number of carbonyl (C=O) groups is 1. The molecular formula is C11H16N4O. The first-order valence-electron chi connectivity index (χ1n) is 5.83. The fourth-order valence-corrected chi connectivity index (χ4v) is 3.14. The van der Waals surface area contributed by atoms with Crippen LogP contribution < -0.4 is 11.1 Å². The second kappa shape index (κ2) is 3.50. The molecular weight excluding hydrogens is 204 g/mol. The van der Waals surface area contributed by atoms with Gasteiger partial charge in [-0.3, -0.25) is 9.89 Å². The van der Waals surface area contributed by atoms with Crippen LogP contribution in [0.25, 0.3) is 0 Å². The molecule has 1 aromatic heterocycles. The third kappa shape index (κ3) is 1.47. The van der Waals surface area contributed by atoms with E-state index >= 15 is 0 Å². The van der Waals surface area contributed by atoms with Gasteiger partial charge in [-0.25, -0.2) is 0 Å². The second-order valence-electron chi connectivity index (χ2n) is 4.96. The number of nitrogen functional groups attached to an aromatic ring is 1. The number of amides is 1. The van der Waals surface area contributed by atoms with Gasteiger partial charge in [0.05, 0.1) is 11.9 Å². The third-order valence-electron chi connectivity index (χ3n) is 3.95. The van der Waals surface area contributed by atoms with E-state index < -0.39 is 0 Å². The quantitative estimate of drug-likeness (QED) is 0.692. The standard InChI is InChI=1S/C11H16N4O/c12-8-5-13-15-10(8)11(16)14-9-4-6-1-2-7(9)3-6/h5-7,9H,1-4,12H2,(H,13,15)(H,14,16). The average Bonchev–Trinajstić information content (AvgIpc) is 2.92. The minimum absolute atomic E-state index is 0.118. The predicted molar refractivity (Wildman–Crippen MR) is 59.7 cm³/mol. The summed E-state index contributed by atoms with van der Waals surface area (Å²) >= 11 is 0. The van der Waals surface area contributed by atoms with E-state index in [4.69, 9.17) is 5.73 Å². The van der Waals surface area contributed by atoms with E-state index in [2.05, 4.69) is 15.5 Å². The first-order valence-corrected chi connectivity index (χ1v) is 5.83. The number of nitrogens with one attached hydrogen (secondary N) is 2. The molecule has 3 unspecified atom stereocenters. The van der Waals surface area contributed by atoms with Gasteiger partial charge in [-0.2, -0.15) is 5.10 Å². The molecule has 3 atom stereocenters. The lowest BCUT2D eigenvalue weighted by Gasteiger charge is -2.22. The molecule has 2 saturated carbocycles. The van der Waals surface area contributed by atoms with Crippen LogP contribution in [0.15, 0.2) is 6.20 Å². The summed E-state index contributed by atoms with van der Waals surface area (Å²) in [5, 5.41) is 9.45. The smallest absolute Gasteiger partial charge is 0.271 e. The zero-order valence-corrected chi connectivity index (χ0v) is 9.07. The Hall–Kier alpha value is -1.52. The fourth-order valence-electron chi connectivity index (χ4n) is 3.14. The SMILES string of the molecule is Nc1cn[nH]c1C(=O)NC1CC2CCC1C2. The summed E-state index contributed by atoms with van der Waals surface area (Å²) in [7, 11) is 0. The zero-order chi connectivity index (χ0) is 11.1. The maximum Gasteiger partial charge on any atom is 0.271 e. The van der Waals surface area contributed by atoms with Gasteiger partial charge in [0.1, 0.15) is 5.69 Å². The highest BCUT2D eigenvalue weighted by Crippen LogP contribution is 2.44. The van der Waals surface area contributed by atoms with E-state index in [0.717, 1.165) is 12.3 Å². The molecule has 86 valence electrons. The average molecular weight is 220 g/mol. The maximum atomic E-state index is 11.9. The molecule has 1 amide bonds. The van der Waals surface area contributed by atoms with Crippen molar-refractivity contribution in [3.05, 3.63) is 11.9 Å². The van der Waals surface area contributed by atoms with Crippen molar-refractivity contribution in [1.82, 2.24) is 15.5 Å². The summed E-state index contributed by atoms with van der Waals surface area (Å²) in [5.74, 6) is 1.39. The minimum atomic E-state index is -0.118. The Morgan fingerprint density at radius 2 is 2.38 bits per heavy atom. The number of aromatic nitrogens is 2. The molecule has 2 bridgehead atoms. The highest BCUT2D eigenvalue weighted by molar-refractivity contribution is 5.97. The molecule has 0 spiro atoms. The number of fused-ring (bicyclic) bond motifs is 2. The monoisotopic (exact) mass is 220 g/mol. The number of nitrogens with two attached hydrogens (primary N) is 1. The molecule has 2 aliphatic rings. The van der Waals surface area contributed by atoms with E-state index in [1.54, 1.807) is 0 Å². The third-order valence-corrected chi connectivity index (χ3v) is 3.95. The highest BCUT2D eigenvalue weighted by atomic mass is 16.2. The van der Waals surface area contributed by atoms with Crippen LogP contribution in [0.1, 0.15) is 36.2 Å². The number of nitrogens with zero attached hydrogens (tertiary/aromatic N) is 1. The molecule has 2 fully saturated rings. The van der Waals surface area contributed by atoms with Gasteiger partial charge in [-0.1, -0.05) is 6.42 Å². The Morgan fingerprint density at radius 3 is 2.94 bits per heavy atom. The van der Waals surface area contributed by atoms with Crippen LogP contribution in [0.4, 0.5) is 5.69 Å². The lowest BCUT2D eigenvalue weighted by atomic mass is 9.95. The summed E-state index contributed by atoms with van der Waals surface area (Å²) in [6, 6.07) is 0.342. The van der Waals surface area contributed by atoms with E-state index in [0.29, 0.717) is 23.3 Å². The molecule has 5 nitrogen and oxygen atoms in total. The summed E-state index contributed by atoms with van der Waals surface area (Å²) < 4.78 is 0. The van der Waals surface area contributed by atoms with Crippen LogP contribution in [0, 0.1) is 11.8 Å². The van der Waals surface area contributed by atoms with Crippen LogP contribution in [-0.2, 0) is 0 Å². The normalized spacial score (nSPS) is 31.9. The number of anilines is 1. The minimum Gasteiger partial charge on any atom is -0.396 e. The van der Waals surface area contributed by atoms with Crippen LogP contribution in [0.5, 0.6) is 0 Å². The van der Waals surface area contributed by atoms with Gasteiger partial charge in [0, 0.05) is 6.04 Å². The number of H-pyrrole nitrogens is 1. The van der Waals surface area contributed by atoms with Crippen LogP contribution in [-0.4, -0.2) is 22.1 Å². The van der Waals surface area contributed by atoms with Crippen molar-refractivity contribution in [2.24, 2.45) is 11.8 Å². The Kier molecular flexibility index (Phi) is 2.12. The van der Waals surface area contributed by atoms with Gasteiger partial charge >= 0.3 is 0 Å². The van der Waals surface area contributed by atoms with Crippen molar-refractivity contribution in [2.75, 3.05) is 5.73 Å². The summed E-state index contributed by atoms with van der Waals surface area (Å²) in [6.45, 7) is 0. The maximum absolute atomic E-state index is 11.9. The van der Waals surface area contributed by atoms with Gasteiger partial charge in [-0.05, 0) is 31.1 Å². The topological polar surface area (TPSA) is 83.8 Å². The molecule has 3 rings (SSSR count). The molecule has 16 heavy (non-hydrogen) atoms. The number of hydrogen-bond donors (Lipinski definition) is 3. The molecule has 0 saturated heterocycles. The fraction of sp³-hybridized carbons (Fsp3) is 0.636. The molecule has 0 radical (unpaired) electrons. The first-order chi connectivity index (χ1) is 7.74. The van der Waals surface area contributed by atoms with Gasteiger partial charge in [0.2, 0.25) is 0 Å². The molecule has 1 heterocycles. The van der Waals surface area contributed by atoms with E-state index in [-0.39, 0.29) is 5.91 Å². The molecule has 4 N–H and O–H groups in total. The van der Waals surface area contributed by atoms with Crippen molar-refractivity contribution in [3.8, 4) is 0 Å². The van der Waals surface area contributed by atoms with E-state index in [1.807, 2.05) is 0 Å². The summed E-state index contributed by atoms with van der Waals surface area (Å²) in [5.41, 5.74) is 6.45. The summed E-state index contributed by atoms with van der Waals surface area (Å²) in [4.78, 5) is 11.9. The highest BCUT2D eigenvalue weighted by Gasteiger charge is 2.40. The van der Waals surface area contributed by atoms with Crippen molar-refractivity contribution >= 4 is 11.6 Å². The van der Waals surface area contributed by atoms with Gasteiger partial charge in [0.25, 0.3) is 5.91 Å². The number of hydrogen-bond acceptors (Lipinski definition) is 3. The Morgan fingerprint density at radius 1 is 1.50 bits per heavy atom. The molecule has 1 aromatic rings. The van der Waals surface area contributed by atoms with Crippen molar-refractivity contribution in [2.45, 2.75) is 31.7 Å². The van der Waals surface area contributed by atoms with Gasteiger partial charge < -0.3 is 11.1 Å². The first kappa shape index (κ1) is 9.69. The Labute approximate surface area is 93.8 Å². The largest absolute Gasteiger partial charge is 0.396 e.